The second-order valence-electron chi connectivity index (χ2n) is 6.98. The summed E-state index contributed by atoms with van der Waals surface area (Å²) in [6.45, 7) is 0.971. The van der Waals surface area contributed by atoms with Crippen LogP contribution in [-0.4, -0.2) is 67.3 Å². The number of thiophene rings is 1. The number of ether oxygens (including phenoxy) is 2. The highest BCUT2D eigenvalue weighted by Gasteiger charge is 2.53. The molecule has 4 heterocycles. The lowest BCUT2D eigenvalue weighted by Crippen LogP contribution is -2.44. The van der Waals surface area contributed by atoms with Crippen molar-refractivity contribution >= 4 is 34.2 Å². The lowest BCUT2D eigenvalue weighted by Gasteiger charge is -2.27. The Morgan fingerprint density at radius 2 is 2.24 bits per heavy atom. The Balaban J connectivity index is 1.89. The van der Waals surface area contributed by atoms with Crippen LogP contribution in [-0.2, 0) is 9.47 Å². The molecule has 0 saturated carbocycles. The van der Waals surface area contributed by atoms with E-state index in [1.807, 2.05) is 0 Å². The van der Waals surface area contributed by atoms with Crippen LogP contribution < -0.4 is 5.73 Å². The first-order chi connectivity index (χ1) is 13.8. The van der Waals surface area contributed by atoms with Crippen molar-refractivity contribution < 1.29 is 29.6 Å². The van der Waals surface area contributed by atoms with Crippen molar-refractivity contribution in [2.75, 3.05) is 19.5 Å². The van der Waals surface area contributed by atoms with Gasteiger partial charge in [0.05, 0.1) is 24.7 Å². The molecule has 0 amide bonds. The van der Waals surface area contributed by atoms with E-state index < -0.39 is 36.6 Å². The standard InChI is InChI=1S/C18H20N4O6S/c1-18(26)13(24)10(5-23)28-17(18)22-4-9(12-14(19)20-7-21-15(12)22)11-3-8(6-29-11)16(25)27-2/h3-4,6-7,10,13,17,23-24,26H,5H2,1-2H3,(H2,19,20,21)/t10?,13?,17-,18+/m1/s1. The molecule has 1 fully saturated rings. The first kappa shape index (κ1) is 19.7. The predicted octanol–water partition coefficient (Wildman–Crippen LogP) is 0.530. The second-order valence-corrected chi connectivity index (χ2v) is 7.89. The number of esters is 1. The predicted molar refractivity (Wildman–Crippen MR) is 104 cm³/mol. The Bertz CT molecular complexity index is 1080. The highest BCUT2D eigenvalue weighted by atomic mass is 32.1. The number of rotatable bonds is 4. The number of hydrogen-bond donors (Lipinski definition) is 4. The molecule has 154 valence electrons. The maximum Gasteiger partial charge on any atom is 0.338 e. The number of nitrogens with two attached hydrogens (primary N) is 1. The van der Waals surface area contributed by atoms with Crippen molar-refractivity contribution in [3.8, 4) is 10.4 Å². The molecule has 0 spiro atoms. The number of carbonyl (C=O) groups excluding carboxylic acids is 1. The summed E-state index contributed by atoms with van der Waals surface area (Å²) in [5.41, 5.74) is 5.83. The largest absolute Gasteiger partial charge is 0.465 e. The smallest absolute Gasteiger partial charge is 0.338 e. The Labute approximate surface area is 169 Å². The van der Waals surface area contributed by atoms with Crippen LogP contribution >= 0.6 is 11.3 Å². The van der Waals surface area contributed by atoms with Gasteiger partial charge in [0.25, 0.3) is 0 Å². The molecule has 4 rings (SSSR count). The van der Waals surface area contributed by atoms with E-state index in [0.29, 0.717) is 27.0 Å². The minimum absolute atomic E-state index is 0.216. The van der Waals surface area contributed by atoms with Crippen molar-refractivity contribution in [1.82, 2.24) is 14.5 Å². The van der Waals surface area contributed by atoms with Crippen LogP contribution in [0.4, 0.5) is 5.82 Å². The number of nitrogens with zero attached hydrogens (tertiary/aromatic N) is 3. The van der Waals surface area contributed by atoms with E-state index in [0.717, 1.165) is 0 Å². The van der Waals surface area contributed by atoms with Gasteiger partial charge in [0.2, 0.25) is 0 Å². The average molecular weight is 420 g/mol. The SMILES string of the molecule is COC(=O)c1csc(-c2cn([C@@H]3OC(CO)C(O)[C@]3(C)O)c3ncnc(N)c23)c1. The van der Waals surface area contributed by atoms with E-state index in [1.165, 1.54) is 31.7 Å². The Morgan fingerprint density at radius 1 is 1.48 bits per heavy atom. The monoisotopic (exact) mass is 420 g/mol. The van der Waals surface area contributed by atoms with E-state index >= 15 is 0 Å². The van der Waals surface area contributed by atoms with E-state index in [4.69, 9.17) is 15.2 Å². The number of methoxy groups -OCH3 is 1. The van der Waals surface area contributed by atoms with Gasteiger partial charge >= 0.3 is 5.97 Å². The number of hydrogen-bond acceptors (Lipinski definition) is 10. The first-order valence-corrected chi connectivity index (χ1v) is 9.62. The van der Waals surface area contributed by atoms with Crippen LogP contribution in [0, 0.1) is 0 Å². The molecule has 0 radical (unpaired) electrons. The summed E-state index contributed by atoms with van der Waals surface area (Å²) in [7, 11) is 1.31. The Hall–Kier alpha value is -2.57. The summed E-state index contributed by atoms with van der Waals surface area (Å²) in [5.74, 6) is -0.245. The van der Waals surface area contributed by atoms with Gasteiger partial charge in [-0.25, -0.2) is 14.8 Å². The van der Waals surface area contributed by atoms with Crippen LogP contribution in [0.5, 0.6) is 0 Å². The molecule has 4 atom stereocenters. The number of nitrogen functional groups attached to an aromatic ring is 1. The van der Waals surface area contributed by atoms with Crippen LogP contribution in [0.15, 0.2) is 24.0 Å². The molecular formula is C18H20N4O6S. The molecule has 0 aromatic carbocycles. The number of aliphatic hydroxyl groups excluding tert-OH is 2. The third-order valence-electron chi connectivity index (χ3n) is 5.11. The quantitative estimate of drug-likeness (QED) is 0.443. The van der Waals surface area contributed by atoms with Gasteiger partial charge in [0, 0.05) is 22.0 Å². The fourth-order valence-electron chi connectivity index (χ4n) is 3.57. The summed E-state index contributed by atoms with van der Waals surface area (Å²) < 4.78 is 12.0. The fourth-order valence-corrected chi connectivity index (χ4v) is 4.46. The van der Waals surface area contributed by atoms with Gasteiger partial charge < -0.3 is 35.1 Å². The molecule has 0 bridgehead atoms. The lowest BCUT2D eigenvalue weighted by atomic mass is 9.96. The molecule has 3 aromatic rings. The van der Waals surface area contributed by atoms with E-state index in [-0.39, 0.29) is 5.82 Å². The number of aromatic nitrogens is 3. The van der Waals surface area contributed by atoms with Crippen LogP contribution in [0.3, 0.4) is 0 Å². The number of aliphatic hydroxyl groups is 3. The summed E-state index contributed by atoms with van der Waals surface area (Å²) in [6, 6.07) is 1.67. The van der Waals surface area contributed by atoms with Crippen molar-refractivity contribution in [2.24, 2.45) is 0 Å². The zero-order valence-corrected chi connectivity index (χ0v) is 16.5. The van der Waals surface area contributed by atoms with Gasteiger partial charge in [0.1, 0.15) is 35.6 Å². The Kier molecular flexibility index (Phi) is 4.79. The van der Waals surface area contributed by atoms with E-state index in [1.54, 1.807) is 22.2 Å². The van der Waals surface area contributed by atoms with Gasteiger partial charge in [-0.3, -0.25) is 0 Å². The van der Waals surface area contributed by atoms with Crippen molar-refractivity contribution in [1.29, 1.82) is 0 Å². The third-order valence-corrected chi connectivity index (χ3v) is 6.08. The highest BCUT2D eigenvalue weighted by Crippen LogP contribution is 2.43. The molecule has 5 N–H and O–H groups in total. The number of fused-ring (bicyclic) bond motifs is 1. The molecule has 2 unspecified atom stereocenters. The normalized spacial score (nSPS) is 26.9. The minimum atomic E-state index is -1.69. The van der Waals surface area contributed by atoms with Crippen LogP contribution in [0.25, 0.3) is 21.5 Å². The molecule has 1 aliphatic rings. The summed E-state index contributed by atoms with van der Waals surface area (Å²) in [5, 5.41) is 32.8. The summed E-state index contributed by atoms with van der Waals surface area (Å²) in [6.07, 6.45) is -0.322. The van der Waals surface area contributed by atoms with E-state index in [2.05, 4.69) is 9.97 Å². The maximum atomic E-state index is 11.8. The zero-order chi connectivity index (χ0) is 20.9. The van der Waals surface area contributed by atoms with Gasteiger partial charge in [0.15, 0.2) is 6.23 Å². The third kappa shape index (κ3) is 2.98. The van der Waals surface area contributed by atoms with Gasteiger partial charge in [-0.2, -0.15) is 0 Å². The molecule has 11 heteroatoms. The summed E-state index contributed by atoms with van der Waals surface area (Å²) >= 11 is 1.31. The topological polar surface area (TPSA) is 153 Å². The number of anilines is 1. The van der Waals surface area contributed by atoms with E-state index in [9.17, 15) is 20.1 Å². The second kappa shape index (κ2) is 7.04. The highest BCUT2D eigenvalue weighted by molar-refractivity contribution is 7.14. The minimum Gasteiger partial charge on any atom is -0.465 e. The molecule has 0 aliphatic carbocycles. The van der Waals surface area contributed by atoms with Gasteiger partial charge in [-0.05, 0) is 13.0 Å². The van der Waals surface area contributed by atoms with Gasteiger partial charge in [-0.15, -0.1) is 11.3 Å². The van der Waals surface area contributed by atoms with Crippen molar-refractivity contribution in [2.45, 2.75) is 31.0 Å². The molecule has 1 aliphatic heterocycles. The fraction of sp³-hybridized carbons (Fsp3) is 0.389. The van der Waals surface area contributed by atoms with Crippen molar-refractivity contribution in [3.63, 3.8) is 0 Å². The molecule has 3 aromatic heterocycles. The van der Waals surface area contributed by atoms with Crippen LogP contribution in [0.2, 0.25) is 0 Å². The molecule has 1 saturated heterocycles. The Morgan fingerprint density at radius 3 is 2.90 bits per heavy atom. The van der Waals surface area contributed by atoms with Gasteiger partial charge in [-0.1, -0.05) is 0 Å². The maximum absolute atomic E-state index is 11.8. The van der Waals surface area contributed by atoms with Crippen molar-refractivity contribution in [3.05, 3.63) is 29.5 Å². The molecular weight excluding hydrogens is 400 g/mol. The lowest BCUT2D eigenvalue weighted by molar-refractivity contribution is -0.0948. The van der Waals surface area contributed by atoms with Crippen LogP contribution in [0.1, 0.15) is 23.5 Å². The zero-order valence-electron chi connectivity index (χ0n) is 15.6. The first-order valence-electron chi connectivity index (χ1n) is 8.74. The molecule has 29 heavy (non-hydrogen) atoms. The molecule has 10 nitrogen and oxygen atoms in total. The average Bonchev–Trinajstić information content (AvgIpc) is 3.38. The summed E-state index contributed by atoms with van der Waals surface area (Å²) in [4.78, 5) is 20.9. The number of carbonyl (C=O) groups is 1.